The Balaban J connectivity index is 0.000000409. The number of benzene rings is 2. The number of carbonyl (C=O) groups is 4. The predicted molar refractivity (Wildman–Crippen MR) is 99.6 cm³/mol. The summed E-state index contributed by atoms with van der Waals surface area (Å²) in [5.41, 5.74) is 1.53. The second kappa shape index (κ2) is 8.88. The van der Waals surface area contributed by atoms with Crippen molar-refractivity contribution in [2.24, 2.45) is 0 Å². The summed E-state index contributed by atoms with van der Waals surface area (Å²) in [6.45, 7) is 4.21. The fourth-order valence-corrected chi connectivity index (χ4v) is 2.45. The van der Waals surface area contributed by atoms with E-state index < -0.39 is 11.9 Å². The van der Waals surface area contributed by atoms with E-state index in [4.69, 9.17) is 14.9 Å². The molecule has 2 aromatic rings. The summed E-state index contributed by atoms with van der Waals surface area (Å²) >= 11 is 0. The van der Waals surface area contributed by atoms with E-state index >= 15 is 0 Å². The summed E-state index contributed by atoms with van der Waals surface area (Å²) in [5.74, 6) is -2.10. The first-order valence-electron chi connectivity index (χ1n) is 8.27. The van der Waals surface area contributed by atoms with Crippen LogP contribution in [0, 0.1) is 0 Å². The van der Waals surface area contributed by atoms with E-state index in [-0.39, 0.29) is 47.0 Å². The summed E-state index contributed by atoms with van der Waals surface area (Å²) in [4.78, 5) is 46.3. The maximum absolute atomic E-state index is 12.5. The minimum absolute atomic E-state index is 0.119. The smallest absolute Gasteiger partial charge is 0.338 e. The zero-order chi connectivity index (χ0) is 20.8. The van der Waals surface area contributed by atoms with E-state index in [1.165, 1.54) is 25.1 Å². The number of aliphatic hydroxyl groups excluding tert-OH is 1. The average molecular weight is 382 g/mol. The zero-order valence-corrected chi connectivity index (χ0v) is 15.1. The van der Waals surface area contributed by atoms with Crippen molar-refractivity contribution < 1.29 is 34.1 Å². The summed E-state index contributed by atoms with van der Waals surface area (Å²) in [6, 6.07) is 10.9. The Kier molecular flexibility index (Phi) is 6.57. The summed E-state index contributed by atoms with van der Waals surface area (Å²) in [6.07, 6.45) is 0. The number of aliphatic carboxylic acids is 1. The number of rotatable bonds is 4. The van der Waals surface area contributed by atoms with Gasteiger partial charge in [-0.25, -0.2) is 9.59 Å². The van der Waals surface area contributed by atoms with Crippen molar-refractivity contribution in [3.8, 4) is 0 Å². The van der Waals surface area contributed by atoms with Crippen molar-refractivity contribution >= 4 is 23.5 Å². The number of carboxylic acids is 1. The van der Waals surface area contributed by atoms with Crippen LogP contribution in [0.5, 0.6) is 0 Å². The third-order valence-electron chi connectivity index (χ3n) is 3.85. The van der Waals surface area contributed by atoms with Gasteiger partial charge in [-0.15, -0.1) is 0 Å². The molecule has 2 aromatic carbocycles. The van der Waals surface area contributed by atoms with Gasteiger partial charge in [-0.05, 0) is 25.1 Å². The number of carbonyl (C=O) groups excluding carboxylic acids is 3. The van der Waals surface area contributed by atoms with Gasteiger partial charge in [-0.1, -0.05) is 30.8 Å². The van der Waals surface area contributed by atoms with Gasteiger partial charge in [0, 0.05) is 27.8 Å². The molecule has 0 bridgehead atoms. The van der Waals surface area contributed by atoms with Crippen LogP contribution in [0.1, 0.15) is 49.1 Å². The van der Waals surface area contributed by atoms with Gasteiger partial charge in [-0.3, -0.25) is 9.59 Å². The van der Waals surface area contributed by atoms with Gasteiger partial charge in [0.1, 0.15) is 6.61 Å². The highest BCUT2D eigenvalue weighted by molar-refractivity contribution is 6.28. The molecule has 7 heteroatoms. The second-order valence-electron chi connectivity index (χ2n) is 5.91. The average Bonchev–Trinajstić information content (AvgIpc) is 2.70. The number of ether oxygens (including phenoxy) is 1. The molecule has 0 atom stereocenters. The maximum Gasteiger partial charge on any atom is 0.338 e. The third-order valence-corrected chi connectivity index (χ3v) is 3.85. The molecule has 0 amide bonds. The molecule has 2 N–H and O–H groups in total. The molecule has 144 valence electrons. The molecule has 0 saturated carbocycles. The lowest BCUT2D eigenvalue weighted by Gasteiger charge is -2.17. The van der Waals surface area contributed by atoms with Crippen LogP contribution in [-0.2, 0) is 9.53 Å². The highest BCUT2D eigenvalue weighted by atomic mass is 16.5. The molecule has 0 radical (unpaired) electrons. The lowest BCUT2D eigenvalue weighted by atomic mass is 9.83. The molecule has 3 rings (SSSR count). The third kappa shape index (κ3) is 4.39. The van der Waals surface area contributed by atoms with E-state index in [9.17, 15) is 19.2 Å². The van der Waals surface area contributed by atoms with Crippen molar-refractivity contribution in [3.05, 3.63) is 82.4 Å². The zero-order valence-electron chi connectivity index (χ0n) is 15.1. The van der Waals surface area contributed by atoms with Gasteiger partial charge >= 0.3 is 11.9 Å². The Hall–Kier alpha value is -3.58. The number of hydrogen-bond acceptors (Lipinski definition) is 6. The van der Waals surface area contributed by atoms with Crippen LogP contribution in [0.15, 0.2) is 54.6 Å². The number of carboxylic acid groups (broad SMARTS) is 1. The molecular weight excluding hydrogens is 364 g/mol. The number of fused-ring (bicyclic) bond motifs is 2. The normalized spacial score (nSPS) is 11.5. The number of aliphatic hydroxyl groups is 1. The molecule has 1 aliphatic carbocycles. The van der Waals surface area contributed by atoms with Crippen LogP contribution in [-0.4, -0.2) is 46.9 Å². The summed E-state index contributed by atoms with van der Waals surface area (Å²) < 4.78 is 4.81. The molecule has 0 fully saturated rings. The van der Waals surface area contributed by atoms with Gasteiger partial charge in [0.25, 0.3) is 0 Å². The van der Waals surface area contributed by atoms with Crippen molar-refractivity contribution in [3.63, 3.8) is 0 Å². The van der Waals surface area contributed by atoms with Gasteiger partial charge in [0.05, 0.1) is 12.2 Å². The summed E-state index contributed by atoms with van der Waals surface area (Å²) in [5, 5.41) is 16.6. The molecule has 0 heterocycles. The molecule has 1 aliphatic rings. The van der Waals surface area contributed by atoms with Crippen LogP contribution in [0.3, 0.4) is 0 Å². The lowest BCUT2D eigenvalue weighted by molar-refractivity contribution is -0.132. The molecule has 0 aliphatic heterocycles. The Morgan fingerprint density at radius 3 is 1.96 bits per heavy atom. The topological polar surface area (TPSA) is 118 Å². The van der Waals surface area contributed by atoms with Crippen LogP contribution >= 0.6 is 0 Å². The van der Waals surface area contributed by atoms with Crippen LogP contribution < -0.4 is 0 Å². The van der Waals surface area contributed by atoms with Gasteiger partial charge in [-0.2, -0.15) is 0 Å². The van der Waals surface area contributed by atoms with Gasteiger partial charge in [0.2, 0.25) is 0 Å². The Labute approximate surface area is 160 Å². The van der Waals surface area contributed by atoms with E-state index in [0.29, 0.717) is 11.1 Å². The fraction of sp³-hybridized carbons (Fsp3) is 0.143. The number of esters is 1. The summed E-state index contributed by atoms with van der Waals surface area (Å²) in [7, 11) is 0. The minimum atomic E-state index is -0.935. The maximum atomic E-state index is 12.5. The van der Waals surface area contributed by atoms with Gasteiger partial charge in [0.15, 0.2) is 11.6 Å². The SMILES string of the molecule is C=C(C)C(=O)O.O=C(OCCO)c1ccc2c(c1)C(=O)c1ccccc1C2=O. The van der Waals surface area contributed by atoms with Crippen molar-refractivity contribution in [1.82, 2.24) is 0 Å². The highest BCUT2D eigenvalue weighted by Gasteiger charge is 2.30. The molecule has 0 saturated heterocycles. The van der Waals surface area contributed by atoms with Crippen molar-refractivity contribution in [2.75, 3.05) is 13.2 Å². The monoisotopic (exact) mass is 382 g/mol. The molecule has 0 spiro atoms. The Morgan fingerprint density at radius 2 is 1.46 bits per heavy atom. The molecule has 28 heavy (non-hydrogen) atoms. The van der Waals surface area contributed by atoms with E-state index in [1.54, 1.807) is 24.3 Å². The molecular formula is C21H18O7. The number of ketones is 2. The second-order valence-corrected chi connectivity index (χ2v) is 5.91. The van der Waals surface area contributed by atoms with E-state index in [0.717, 1.165) is 0 Å². The quantitative estimate of drug-likeness (QED) is 0.525. The number of hydrogen-bond donors (Lipinski definition) is 2. The van der Waals surface area contributed by atoms with E-state index in [2.05, 4.69) is 6.58 Å². The predicted octanol–water partition coefficient (Wildman–Crippen LogP) is 2.26. The van der Waals surface area contributed by atoms with Crippen LogP contribution in [0.4, 0.5) is 0 Å². The first-order chi connectivity index (χ1) is 13.3. The standard InChI is InChI=1S/C17H12O5.C4H6O2/c18-7-8-22-17(21)10-5-6-13-14(9-10)16(20)12-4-2-1-3-11(12)15(13)19;1-3(2)4(5)6/h1-6,9,18H,7-8H2;1H2,2H3,(H,5,6). The van der Waals surface area contributed by atoms with Crippen LogP contribution in [0.25, 0.3) is 0 Å². The molecule has 0 unspecified atom stereocenters. The van der Waals surface area contributed by atoms with Gasteiger partial charge < -0.3 is 14.9 Å². The lowest BCUT2D eigenvalue weighted by Crippen LogP contribution is -2.21. The first-order valence-corrected chi connectivity index (χ1v) is 8.27. The molecule has 7 nitrogen and oxygen atoms in total. The largest absolute Gasteiger partial charge is 0.478 e. The van der Waals surface area contributed by atoms with Crippen molar-refractivity contribution in [1.29, 1.82) is 0 Å². The van der Waals surface area contributed by atoms with Crippen LogP contribution in [0.2, 0.25) is 0 Å². The Morgan fingerprint density at radius 1 is 0.964 bits per heavy atom. The fourth-order valence-electron chi connectivity index (χ4n) is 2.45. The first kappa shape index (κ1) is 20.7. The Bertz CT molecular complexity index is 960. The van der Waals surface area contributed by atoms with Crippen molar-refractivity contribution in [2.45, 2.75) is 6.92 Å². The van der Waals surface area contributed by atoms with E-state index in [1.807, 2.05) is 0 Å². The molecule has 0 aromatic heterocycles. The highest BCUT2D eigenvalue weighted by Crippen LogP contribution is 2.28. The minimum Gasteiger partial charge on any atom is -0.478 e.